The average molecular weight is 307 g/mol. The Morgan fingerprint density at radius 2 is 2.06 bits per heavy atom. The standard InChI is InChI=1S/C11H6BrF3O2/c12-5-1-2-7-3-4-8(10(16)17)9(6-7)11(13,14)15/h3-4,6H,5H2,(H,16,17). The molecule has 0 saturated heterocycles. The first-order chi connectivity index (χ1) is 7.86. The van der Waals surface area contributed by atoms with E-state index >= 15 is 0 Å². The molecule has 17 heavy (non-hydrogen) atoms. The maximum Gasteiger partial charge on any atom is 0.417 e. The van der Waals surface area contributed by atoms with Gasteiger partial charge < -0.3 is 5.11 Å². The van der Waals surface area contributed by atoms with Crippen molar-refractivity contribution >= 4 is 21.9 Å². The Kier molecular flexibility index (Phi) is 4.18. The number of rotatable bonds is 1. The first kappa shape index (κ1) is 13.6. The highest BCUT2D eigenvalue weighted by Gasteiger charge is 2.35. The van der Waals surface area contributed by atoms with Gasteiger partial charge in [-0.2, -0.15) is 13.2 Å². The highest BCUT2D eigenvalue weighted by Crippen LogP contribution is 2.32. The van der Waals surface area contributed by atoms with Crippen LogP contribution < -0.4 is 0 Å². The van der Waals surface area contributed by atoms with Crippen molar-refractivity contribution < 1.29 is 23.1 Å². The molecule has 1 rings (SSSR count). The van der Waals surface area contributed by atoms with Crippen LogP contribution in [0.15, 0.2) is 18.2 Å². The lowest BCUT2D eigenvalue weighted by molar-refractivity contribution is -0.138. The molecule has 0 atom stereocenters. The Hall–Kier alpha value is -1.48. The van der Waals surface area contributed by atoms with Gasteiger partial charge in [0.05, 0.1) is 16.5 Å². The third-order valence-corrected chi connectivity index (χ3v) is 2.14. The zero-order valence-corrected chi connectivity index (χ0v) is 9.89. The molecule has 0 bridgehead atoms. The predicted octanol–water partition coefficient (Wildman–Crippen LogP) is 3.15. The molecule has 90 valence electrons. The van der Waals surface area contributed by atoms with E-state index < -0.39 is 23.3 Å². The van der Waals surface area contributed by atoms with E-state index in [1.165, 1.54) is 6.07 Å². The summed E-state index contributed by atoms with van der Waals surface area (Å²) in [6.07, 6.45) is -4.71. The maximum absolute atomic E-state index is 12.6. The third-order valence-electron chi connectivity index (χ3n) is 1.85. The summed E-state index contributed by atoms with van der Waals surface area (Å²) in [5.41, 5.74) is -1.84. The number of alkyl halides is 4. The smallest absolute Gasteiger partial charge is 0.417 e. The Labute approximate surface area is 104 Å². The topological polar surface area (TPSA) is 37.3 Å². The fourth-order valence-corrected chi connectivity index (χ4v) is 1.32. The van der Waals surface area contributed by atoms with Gasteiger partial charge >= 0.3 is 12.1 Å². The van der Waals surface area contributed by atoms with Crippen molar-refractivity contribution in [3.63, 3.8) is 0 Å². The summed E-state index contributed by atoms with van der Waals surface area (Å²) in [6.45, 7) is 0. The van der Waals surface area contributed by atoms with Crippen LogP contribution in [0, 0.1) is 11.8 Å². The molecule has 0 radical (unpaired) electrons. The molecule has 6 heteroatoms. The van der Waals surface area contributed by atoms with Crippen LogP contribution in [-0.2, 0) is 6.18 Å². The van der Waals surface area contributed by atoms with Gasteiger partial charge in [-0.3, -0.25) is 0 Å². The molecule has 0 amide bonds. The van der Waals surface area contributed by atoms with Gasteiger partial charge in [0.15, 0.2) is 0 Å². The molecule has 0 aliphatic rings. The number of carboxylic acids is 1. The highest BCUT2D eigenvalue weighted by molar-refractivity contribution is 9.09. The highest BCUT2D eigenvalue weighted by atomic mass is 79.9. The summed E-state index contributed by atoms with van der Waals surface area (Å²) >= 11 is 3.01. The summed E-state index contributed by atoms with van der Waals surface area (Å²) in [5, 5.41) is 8.98. The largest absolute Gasteiger partial charge is 0.478 e. The third kappa shape index (κ3) is 3.49. The van der Waals surface area contributed by atoms with Crippen molar-refractivity contribution in [1.82, 2.24) is 0 Å². The molecule has 1 aromatic rings. The number of hydrogen-bond acceptors (Lipinski definition) is 1. The molecule has 0 saturated carbocycles. The minimum Gasteiger partial charge on any atom is -0.478 e. The fourth-order valence-electron chi connectivity index (χ4n) is 1.18. The van der Waals surface area contributed by atoms with Gasteiger partial charge in [-0.05, 0) is 18.2 Å². The minimum absolute atomic E-state index is 0.127. The van der Waals surface area contributed by atoms with Crippen molar-refractivity contribution in [2.24, 2.45) is 0 Å². The van der Waals surface area contributed by atoms with Crippen LogP contribution in [0.25, 0.3) is 0 Å². The van der Waals surface area contributed by atoms with Crippen LogP contribution in [-0.4, -0.2) is 16.4 Å². The van der Waals surface area contributed by atoms with Crippen molar-refractivity contribution in [2.75, 3.05) is 5.33 Å². The Bertz CT molecular complexity index is 498. The lowest BCUT2D eigenvalue weighted by Gasteiger charge is -2.10. The van der Waals surface area contributed by atoms with E-state index in [0.717, 1.165) is 12.1 Å². The Balaban J connectivity index is 3.34. The monoisotopic (exact) mass is 306 g/mol. The van der Waals surface area contributed by atoms with Crippen molar-refractivity contribution in [3.05, 3.63) is 34.9 Å². The number of carboxylic acid groups (broad SMARTS) is 1. The van der Waals surface area contributed by atoms with Gasteiger partial charge in [0.1, 0.15) is 0 Å². The minimum atomic E-state index is -4.71. The molecular formula is C11H6BrF3O2. The first-order valence-corrected chi connectivity index (χ1v) is 5.47. The molecule has 0 aliphatic carbocycles. The fraction of sp³-hybridized carbons (Fsp3) is 0.182. The molecule has 0 fully saturated rings. The number of hydrogen-bond donors (Lipinski definition) is 1. The Morgan fingerprint density at radius 3 is 2.53 bits per heavy atom. The number of carbonyl (C=O) groups is 1. The Morgan fingerprint density at radius 1 is 1.41 bits per heavy atom. The number of halogens is 4. The molecule has 0 unspecified atom stereocenters. The van der Waals surface area contributed by atoms with Gasteiger partial charge in [-0.15, -0.1) is 0 Å². The van der Waals surface area contributed by atoms with E-state index in [9.17, 15) is 18.0 Å². The summed E-state index contributed by atoms with van der Waals surface area (Å²) in [4.78, 5) is 10.7. The molecule has 2 nitrogen and oxygen atoms in total. The van der Waals surface area contributed by atoms with Gasteiger partial charge in [0.25, 0.3) is 0 Å². The van der Waals surface area contributed by atoms with Crippen molar-refractivity contribution in [1.29, 1.82) is 0 Å². The van der Waals surface area contributed by atoms with Crippen molar-refractivity contribution in [2.45, 2.75) is 6.18 Å². The maximum atomic E-state index is 12.6. The second-order valence-corrected chi connectivity index (χ2v) is 3.56. The van der Waals surface area contributed by atoms with E-state index in [0.29, 0.717) is 5.33 Å². The van der Waals surface area contributed by atoms with Crippen LogP contribution in [0.1, 0.15) is 21.5 Å². The summed E-state index contributed by atoms with van der Waals surface area (Å²) < 4.78 is 37.8. The quantitative estimate of drug-likeness (QED) is 0.639. The van der Waals surface area contributed by atoms with Crippen molar-refractivity contribution in [3.8, 4) is 11.8 Å². The van der Waals surface area contributed by atoms with E-state index in [-0.39, 0.29) is 5.56 Å². The molecule has 0 heterocycles. The lowest BCUT2D eigenvalue weighted by Crippen LogP contribution is -2.13. The summed E-state index contributed by atoms with van der Waals surface area (Å²) in [7, 11) is 0. The molecule has 0 aromatic heterocycles. The number of benzene rings is 1. The van der Waals surface area contributed by atoms with Crippen LogP contribution in [0.3, 0.4) is 0 Å². The predicted molar refractivity (Wildman–Crippen MR) is 59.1 cm³/mol. The van der Waals surface area contributed by atoms with Gasteiger partial charge in [-0.25, -0.2) is 4.79 Å². The van der Waals surface area contributed by atoms with E-state index in [1.54, 1.807) is 0 Å². The number of aromatic carboxylic acids is 1. The van der Waals surface area contributed by atoms with Gasteiger partial charge in [0.2, 0.25) is 0 Å². The van der Waals surface area contributed by atoms with Gasteiger partial charge in [0, 0.05) is 5.56 Å². The molecule has 0 aliphatic heterocycles. The summed E-state index contributed by atoms with van der Waals surface area (Å²) in [5.74, 6) is 3.41. The van der Waals surface area contributed by atoms with E-state index in [1.807, 2.05) is 0 Å². The molecule has 0 spiro atoms. The molecule has 1 N–H and O–H groups in total. The van der Waals surface area contributed by atoms with E-state index in [4.69, 9.17) is 5.11 Å². The molecule has 1 aromatic carbocycles. The van der Waals surface area contributed by atoms with Crippen LogP contribution in [0.5, 0.6) is 0 Å². The zero-order chi connectivity index (χ0) is 13.1. The summed E-state index contributed by atoms with van der Waals surface area (Å²) in [6, 6.07) is 2.89. The SMILES string of the molecule is O=C(O)c1ccc(C#CCBr)cc1C(F)(F)F. The average Bonchev–Trinajstić information content (AvgIpc) is 2.24. The first-order valence-electron chi connectivity index (χ1n) is 4.35. The second-order valence-electron chi connectivity index (χ2n) is 3.00. The van der Waals surface area contributed by atoms with E-state index in [2.05, 4.69) is 27.8 Å². The normalized spacial score (nSPS) is 10.6. The second kappa shape index (κ2) is 5.23. The molecular weight excluding hydrogens is 301 g/mol. The van der Waals surface area contributed by atoms with Crippen LogP contribution in [0.2, 0.25) is 0 Å². The van der Waals surface area contributed by atoms with Gasteiger partial charge in [-0.1, -0.05) is 27.8 Å². The zero-order valence-electron chi connectivity index (χ0n) is 8.31. The van der Waals surface area contributed by atoms with Crippen LogP contribution >= 0.6 is 15.9 Å². The van der Waals surface area contributed by atoms with Crippen LogP contribution in [0.4, 0.5) is 13.2 Å². The lowest BCUT2D eigenvalue weighted by atomic mass is 10.0.